The van der Waals surface area contributed by atoms with Crippen LogP contribution < -0.4 is 0 Å². The summed E-state index contributed by atoms with van der Waals surface area (Å²) in [5.41, 5.74) is 0.229. The zero-order chi connectivity index (χ0) is 13.8. The summed E-state index contributed by atoms with van der Waals surface area (Å²) in [4.78, 5) is 6.67. The van der Waals surface area contributed by atoms with Gasteiger partial charge in [-0.25, -0.2) is 4.39 Å². The van der Waals surface area contributed by atoms with Gasteiger partial charge < -0.3 is 10.0 Å². The molecule has 104 valence electrons. The Bertz CT molecular complexity index is 461. The number of nitrogens with zero attached hydrogens (tertiary/aromatic N) is 2. The fraction of sp³-hybridized carbons (Fsp3) is 0.462. The summed E-state index contributed by atoms with van der Waals surface area (Å²) >= 11 is 5.69. The molecule has 1 aromatic carbocycles. The smallest absolute Gasteiger partial charge is 0.136 e. The first-order chi connectivity index (χ1) is 9.11. The predicted octanol–water partition coefficient (Wildman–Crippen LogP) is 2.25. The van der Waals surface area contributed by atoms with E-state index in [1.54, 1.807) is 0 Å². The van der Waals surface area contributed by atoms with Crippen LogP contribution in [0.25, 0.3) is 0 Å². The summed E-state index contributed by atoms with van der Waals surface area (Å²) in [6, 6.07) is 4.47. The van der Waals surface area contributed by atoms with Crippen molar-refractivity contribution < 1.29 is 9.50 Å². The van der Waals surface area contributed by atoms with E-state index < -0.39 is 5.82 Å². The lowest BCUT2D eigenvalue weighted by atomic mass is 10.2. The van der Waals surface area contributed by atoms with Gasteiger partial charge >= 0.3 is 0 Å². The molecule has 2 rings (SSSR count). The Morgan fingerprint density at radius 1 is 1.58 bits per heavy atom. The number of hydrogen-bond donors (Lipinski definition) is 2. The zero-order valence-corrected chi connectivity index (χ0v) is 12.4. The van der Waals surface area contributed by atoms with Gasteiger partial charge in [0.15, 0.2) is 0 Å². The van der Waals surface area contributed by atoms with Gasteiger partial charge in [-0.1, -0.05) is 6.07 Å². The molecule has 0 spiro atoms. The molecule has 0 saturated carbocycles. The number of hydrogen-bond acceptors (Lipinski definition) is 5. The van der Waals surface area contributed by atoms with E-state index in [2.05, 4.69) is 22.5 Å². The molecule has 0 aliphatic carbocycles. The predicted molar refractivity (Wildman–Crippen MR) is 82.2 cm³/mol. The molecule has 3 nitrogen and oxygen atoms in total. The second-order valence-electron chi connectivity index (χ2n) is 4.52. The van der Waals surface area contributed by atoms with E-state index in [9.17, 15) is 9.50 Å². The molecule has 6 heteroatoms. The highest BCUT2D eigenvalue weighted by molar-refractivity contribution is 8.14. The Morgan fingerprint density at radius 2 is 2.37 bits per heavy atom. The summed E-state index contributed by atoms with van der Waals surface area (Å²) in [6.45, 7) is 1.73. The number of phenols is 1. The third kappa shape index (κ3) is 3.64. The van der Waals surface area contributed by atoms with Crippen LogP contribution in [0.2, 0.25) is 0 Å². The molecule has 1 heterocycles. The first kappa shape index (κ1) is 14.7. The van der Waals surface area contributed by atoms with Crippen molar-refractivity contribution in [2.75, 3.05) is 31.6 Å². The SMILES string of the molecule is CN(CCS)C[C@@H]1CSC(c2c(O)cccc2F)=N1. The van der Waals surface area contributed by atoms with Gasteiger partial charge in [-0.3, -0.25) is 4.99 Å². The Morgan fingerprint density at radius 3 is 3.05 bits per heavy atom. The van der Waals surface area contributed by atoms with Crippen LogP contribution >= 0.6 is 24.4 Å². The van der Waals surface area contributed by atoms with Crippen LogP contribution in [0, 0.1) is 5.82 Å². The number of rotatable bonds is 5. The van der Waals surface area contributed by atoms with Crippen molar-refractivity contribution in [3.63, 3.8) is 0 Å². The molecule has 1 N–H and O–H groups in total. The highest BCUT2D eigenvalue weighted by atomic mass is 32.2. The van der Waals surface area contributed by atoms with Gasteiger partial charge in [-0.05, 0) is 19.2 Å². The maximum Gasteiger partial charge on any atom is 0.136 e. The largest absolute Gasteiger partial charge is 0.507 e. The normalized spacial score (nSPS) is 18.9. The van der Waals surface area contributed by atoms with Crippen molar-refractivity contribution >= 4 is 29.4 Å². The molecule has 0 radical (unpaired) electrons. The van der Waals surface area contributed by atoms with Crippen LogP contribution in [-0.2, 0) is 0 Å². The molecule has 19 heavy (non-hydrogen) atoms. The molecule has 0 saturated heterocycles. The number of phenolic OH excluding ortho intramolecular Hbond substituents is 1. The molecule has 0 aromatic heterocycles. The summed E-state index contributed by atoms with van der Waals surface area (Å²) in [5, 5.41) is 10.3. The number of aliphatic imine (C=N–C) groups is 1. The molecule has 0 bridgehead atoms. The molecular formula is C13H17FN2OS2. The number of likely N-dealkylation sites (N-methyl/N-ethyl adjacent to an activating group) is 1. The van der Waals surface area contributed by atoms with E-state index in [0.29, 0.717) is 5.04 Å². The third-order valence-corrected chi connectivity index (χ3v) is 4.26. The van der Waals surface area contributed by atoms with Crippen molar-refractivity contribution in [2.24, 2.45) is 4.99 Å². The van der Waals surface area contributed by atoms with Gasteiger partial charge in [0.05, 0.1) is 11.6 Å². The minimum Gasteiger partial charge on any atom is -0.507 e. The summed E-state index contributed by atoms with van der Waals surface area (Å²) in [7, 11) is 2.02. The Balaban J connectivity index is 2.11. The van der Waals surface area contributed by atoms with Crippen molar-refractivity contribution in [3.05, 3.63) is 29.6 Å². The standard InChI is InChI=1S/C13H17FN2OS2/c1-16(5-6-18)7-9-8-19-13(15-9)12-10(14)3-2-4-11(12)17/h2-4,9,17-18H,5-8H2,1H3/t9-/m1/s1. The van der Waals surface area contributed by atoms with Gasteiger partial charge in [0.25, 0.3) is 0 Å². The Kier molecular flexibility index (Phi) is 5.13. The van der Waals surface area contributed by atoms with E-state index in [1.807, 2.05) is 7.05 Å². The van der Waals surface area contributed by atoms with E-state index in [1.165, 1.54) is 30.0 Å². The minimum absolute atomic E-state index is 0.0457. The minimum atomic E-state index is -0.421. The first-order valence-electron chi connectivity index (χ1n) is 6.09. The zero-order valence-electron chi connectivity index (χ0n) is 10.7. The number of benzene rings is 1. The third-order valence-electron chi connectivity index (χ3n) is 2.92. The summed E-state index contributed by atoms with van der Waals surface area (Å²) in [5.74, 6) is 1.16. The Labute approximate surface area is 122 Å². The van der Waals surface area contributed by atoms with E-state index in [-0.39, 0.29) is 17.4 Å². The van der Waals surface area contributed by atoms with Crippen molar-refractivity contribution in [2.45, 2.75) is 6.04 Å². The highest BCUT2D eigenvalue weighted by Gasteiger charge is 2.24. The molecule has 0 unspecified atom stereocenters. The maximum absolute atomic E-state index is 13.7. The monoisotopic (exact) mass is 300 g/mol. The first-order valence-corrected chi connectivity index (χ1v) is 7.71. The number of thiol groups is 1. The van der Waals surface area contributed by atoms with Crippen molar-refractivity contribution in [1.29, 1.82) is 0 Å². The van der Waals surface area contributed by atoms with Crippen LogP contribution in [0.4, 0.5) is 4.39 Å². The molecule has 0 amide bonds. The molecule has 1 aliphatic rings. The molecular weight excluding hydrogens is 283 g/mol. The summed E-state index contributed by atoms with van der Waals surface area (Å²) < 4.78 is 13.7. The van der Waals surface area contributed by atoms with Crippen LogP contribution in [0.1, 0.15) is 5.56 Å². The summed E-state index contributed by atoms with van der Waals surface area (Å²) in [6.07, 6.45) is 0. The second kappa shape index (κ2) is 6.63. The molecule has 1 atom stereocenters. The fourth-order valence-corrected chi connectivity index (χ4v) is 3.43. The molecule has 1 aromatic rings. The number of thioether (sulfide) groups is 1. The van der Waals surface area contributed by atoms with Crippen LogP contribution in [0.5, 0.6) is 5.75 Å². The Hall–Kier alpha value is -0.720. The lowest BCUT2D eigenvalue weighted by Crippen LogP contribution is -2.29. The molecule has 0 fully saturated rings. The van der Waals surface area contributed by atoms with Gasteiger partial charge in [0.1, 0.15) is 16.6 Å². The molecule has 1 aliphatic heterocycles. The maximum atomic E-state index is 13.7. The fourth-order valence-electron chi connectivity index (χ4n) is 1.99. The quantitative estimate of drug-likeness (QED) is 0.819. The average molecular weight is 300 g/mol. The van der Waals surface area contributed by atoms with Crippen LogP contribution in [0.15, 0.2) is 23.2 Å². The van der Waals surface area contributed by atoms with Gasteiger partial charge in [-0.2, -0.15) is 12.6 Å². The van der Waals surface area contributed by atoms with Crippen LogP contribution in [0.3, 0.4) is 0 Å². The van der Waals surface area contributed by atoms with Gasteiger partial charge in [0, 0.05) is 24.6 Å². The topological polar surface area (TPSA) is 35.8 Å². The van der Waals surface area contributed by atoms with E-state index >= 15 is 0 Å². The average Bonchev–Trinajstić information content (AvgIpc) is 2.77. The lowest BCUT2D eigenvalue weighted by molar-refractivity contribution is 0.340. The highest BCUT2D eigenvalue weighted by Crippen LogP contribution is 2.30. The van der Waals surface area contributed by atoms with Gasteiger partial charge in [-0.15, -0.1) is 11.8 Å². The number of halogens is 1. The van der Waals surface area contributed by atoms with Crippen molar-refractivity contribution in [3.8, 4) is 5.75 Å². The van der Waals surface area contributed by atoms with E-state index in [4.69, 9.17) is 0 Å². The number of aromatic hydroxyl groups is 1. The van der Waals surface area contributed by atoms with Crippen LogP contribution in [-0.4, -0.2) is 52.7 Å². The van der Waals surface area contributed by atoms with E-state index in [0.717, 1.165) is 24.6 Å². The van der Waals surface area contributed by atoms with Crippen molar-refractivity contribution in [1.82, 2.24) is 4.90 Å². The van der Waals surface area contributed by atoms with Gasteiger partial charge in [0.2, 0.25) is 0 Å². The lowest BCUT2D eigenvalue weighted by Gasteiger charge is -2.17. The second-order valence-corrected chi connectivity index (χ2v) is 5.97.